The summed E-state index contributed by atoms with van der Waals surface area (Å²) in [4.78, 5) is 0. The van der Waals surface area contributed by atoms with Gasteiger partial charge in [0.05, 0.1) is 0 Å². The second-order valence-electron chi connectivity index (χ2n) is 5.04. The molecule has 2 aliphatic rings. The Labute approximate surface area is 102 Å². The van der Waals surface area contributed by atoms with Crippen LogP contribution in [0.25, 0.3) is 0 Å². The van der Waals surface area contributed by atoms with E-state index in [0.717, 1.165) is 25.1 Å². The molecule has 1 saturated heterocycles. The first-order valence-electron chi connectivity index (χ1n) is 6.55. The van der Waals surface area contributed by atoms with Crippen molar-refractivity contribution in [2.24, 2.45) is 0 Å². The molecule has 0 aromatic heterocycles. The van der Waals surface area contributed by atoms with Crippen molar-refractivity contribution >= 4 is 0 Å². The van der Waals surface area contributed by atoms with Crippen LogP contribution in [0.2, 0.25) is 0 Å². The number of benzene rings is 1. The van der Waals surface area contributed by atoms with E-state index < -0.39 is 0 Å². The van der Waals surface area contributed by atoms with Crippen molar-refractivity contribution in [2.45, 2.75) is 44.2 Å². The fourth-order valence-electron chi connectivity index (χ4n) is 2.86. The lowest BCUT2D eigenvalue weighted by Gasteiger charge is -2.35. The van der Waals surface area contributed by atoms with Crippen molar-refractivity contribution in [1.29, 1.82) is 0 Å². The number of rotatable bonds is 1. The van der Waals surface area contributed by atoms with Crippen molar-refractivity contribution < 1.29 is 9.84 Å². The molecular weight excluding hydrogens is 214 g/mol. The van der Waals surface area contributed by atoms with Crippen LogP contribution >= 0.6 is 0 Å². The van der Waals surface area contributed by atoms with E-state index in [1.54, 1.807) is 12.1 Å². The number of ether oxygens (including phenoxy) is 1. The summed E-state index contributed by atoms with van der Waals surface area (Å²) in [5, 5.41) is 13.0. The van der Waals surface area contributed by atoms with E-state index >= 15 is 0 Å². The number of phenolic OH excluding ortho intramolecular Hbond substituents is 1. The largest absolute Gasteiger partial charge is 0.508 e. The second kappa shape index (κ2) is 4.57. The zero-order valence-electron chi connectivity index (χ0n) is 9.98. The molecule has 0 bridgehead atoms. The summed E-state index contributed by atoms with van der Waals surface area (Å²) in [6.45, 7) is 1.11. The summed E-state index contributed by atoms with van der Waals surface area (Å²) < 4.78 is 6.03. The van der Waals surface area contributed by atoms with Crippen LogP contribution in [0.15, 0.2) is 18.2 Å². The normalized spacial score (nSPS) is 28.2. The monoisotopic (exact) mass is 233 g/mol. The lowest BCUT2D eigenvalue weighted by molar-refractivity contribution is 0.114. The van der Waals surface area contributed by atoms with Gasteiger partial charge >= 0.3 is 0 Å². The predicted octanol–water partition coefficient (Wildman–Crippen LogP) is 2.23. The molecule has 0 spiro atoms. The summed E-state index contributed by atoms with van der Waals surface area (Å²) in [5.41, 5.74) is 1.22. The molecule has 2 N–H and O–H groups in total. The van der Waals surface area contributed by atoms with Crippen molar-refractivity contribution in [3.8, 4) is 11.5 Å². The van der Waals surface area contributed by atoms with Gasteiger partial charge in [-0.15, -0.1) is 0 Å². The smallest absolute Gasteiger partial charge is 0.126 e. The Kier molecular flexibility index (Phi) is 2.93. The molecule has 2 aliphatic heterocycles. The van der Waals surface area contributed by atoms with Gasteiger partial charge in [0, 0.05) is 12.1 Å². The standard InChI is InChI=1S/C14H19NO2/c16-11-6-4-10-5-7-13(17-14(10)9-11)12-3-1-2-8-15-12/h4,6,9,12-13,15-16H,1-3,5,7-8H2. The fraction of sp³-hybridized carbons (Fsp3) is 0.571. The molecule has 3 rings (SSSR count). The number of phenols is 1. The molecule has 1 aromatic carbocycles. The number of aryl methyl sites for hydroxylation is 1. The average Bonchev–Trinajstić information content (AvgIpc) is 2.39. The van der Waals surface area contributed by atoms with Gasteiger partial charge in [-0.3, -0.25) is 0 Å². The van der Waals surface area contributed by atoms with Crippen LogP contribution in [0, 0.1) is 0 Å². The molecule has 2 heterocycles. The lowest BCUT2D eigenvalue weighted by atomic mass is 9.93. The van der Waals surface area contributed by atoms with E-state index in [4.69, 9.17) is 4.74 Å². The molecular formula is C14H19NO2. The SMILES string of the molecule is Oc1ccc2c(c1)OC(C1CCCCN1)CC2. The molecule has 92 valence electrons. The number of piperidine rings is 1. The molecule has 3 heteroatoms. The minimum Gasteiger partial charge on any atom is -0.508 e. The molecule has 0 radical (unpaired) electrons. The molecule has 2 atom stereocenters. The molecule has 2 unspecified atom stereocenters. The lowest BCUT2D eigenvalue weighted by Crippen LogP contribution is -2.47. The van der Waals surface area contributed by atoms with Gasteiger partial charge in [-0.1, -0.05) is 12.5 Å². The van der Waals surface area contributed by atoms with E-state index in [9.17, 15) is 5.11 Å². The highest BCUT2D eigenvalue weighted by atomic mass is 16.5. The Morgan fingerprint density at radius 2 is 2.18 bits per heavy atom. The van der Waals surface area contributed by atoms with Gasteiger partial charge in [0.1, 0.15) is 17.6 Å². The highest BCUT2D eigenvalue weighted by molar-refractivity contribution is 5.41. The minimum absolute atomic E-state index is 0.268. The topological polar surface area (TPSA) is 41.5 Å². The summed E-state index contributed by atoms with van der Waals surface area (Å²) >= 11 is 0. The van der Waals surface area contributed by atoms with Gasteiger partial charge in [-0.2, -0.15) is 0 Å². The maximum Gasteiger partial charge on any atom is 0.126 e. The summed E-state index contributed by atoms with van der Waals surface area (Å²) in [6, 6.07) is 5.93. The molecule has 1 fully saturated rings. The predicted molar refractivity (Wildman–Crippen MR) is 66.5 cm³/mol. The van der Waals surface area contributed by atoms with Gasteiger partial charge in [0.25, 0.3) is 0 Å². The molecule has 1 aromatic rings. The highest BCUT2D eigenvalue weighted by Crippen LogP contribution is 2.32. The summed E-state index contributed by atoms with van der Waals surface area (Å²) in [7, 11) is 0. The van der Waals surface area contributed by atoms with Gasteiger partial charge in [-0.25, -0.2) is 0 Å². The van der Waals surface area contributed by atoms with Gasteiger partial charge in [0.2, 0.25) is 0 Å². The zero-order valence-corrected chi connectivity index (χ0v) is 9.98. The molecule has 0 amide bonds. The maximum atomic E-state index is 9.49. The van der Waals surface area contributed by atoms with Crippen molar-refractivity contribution in [2.75, 3.05) is 6.54 Å². The number of nitrogens with one attached hydrogen (secondary N) is 1. The van der Waals surface area contributed by atoms with Crippen molar-refractivity contribution in [3.05, 3.63) is 23.8 Å². The Bertz CT molecular complexity index is 399. The van der Waals surface area contributed by atoms with Gasteiger partial charge < -0.3 is 15.2 Å². The second-order valence-corrected chi connectivity index (χ2v) is 5.04. The third-order valence-corrected chi connectivity index (χ3v) is 3.82. The first kappa shape index (κ1) is 10.9. The van der Waals surface area contributed by atoms with Gasteiger partial charge in [0.15, 0.2) is 0 Å². The molecule has 3 nitrogen and oxygen atoms in total. The van der Waals surface area contributed by atoms with E-state index in [1.807, 2.05) is 6.07 Å². The Morgan fingerprint density at radius 3 is 3.00 bits per heavy atom. The van der Waals surface area contributed by atoms with Crippen LogP contribution in [0.4, 0.5) is 0 Å². The molecule has 0 aliphatic carbocycles. The van der Waals surface area contributed by atoms with Crippen molar-refractivity contribution in [1.82, 2.24) is 5.32 Å². The summed E-state index contributed by atoms with van der Waals surface area (Å²) in [6.07, 6.45) is 6.18. The Hall–Kier alpha value is -1.22. The Balaban J connectivity index is 1.75. The molecule has 17 heavy (non-hydrogen) atoms. The first-order chi connectivity index (χ1) is 8.33. The Morgan fingerprint density at radius 1 is 1.24 bits per heavy atom. The van der Waals surface area contributed by atoms with Crippen LogP contribution in [-0.4, -0.2) is 23.8 Å². The van der Waals surface area contributed by atoms with Crippen LogP contribution < -0.4 is 10.1 Å². The third-order valence-electron chi connectivity index (χ3n) is 3.82. The zero-order chi connectivity index (χ0) is 11.7. The van der Waals surface area contributed by atoms with E-state index in [2.05, 4.69) is 5.32 Å². The van der Waals surface area contributed by atoms with Crippen LogP contribution in [-0.2, 0) is 6.42 Å². The van der Waals surface area contributed by atoms with Crippen LogP contribution in [0.1, 0.15) is 31.2 Å². The van der Waals surface area contributed by atoms with Crippen LogP contribution in [0.5, 0.6) is 11.5 Å². The van der Waals surface area contributed by atoms with Crippen LogP contribution in [0.3, 0.4) is 0 Å². The quantitative estimate of drug-likeness (QED) is 0.781. The molecule has 0 saturated carbocycles. The first-order valence-corrected chi connectivity index (χ1v) is 6.55. The average molecular weight is 233 g/mol. The minimum atomic E-state index is 0.268. The number of aromatic hydroxyl groups is 1. The highest BCUT2D eigenvalue weighted by Gasteiger charge is 2.28. The van der Waals surface area contributed by atoms with Crippen molar-refractivity contribution in [3.63, 3.8) is 0 Å². The number of hydrogen-bond donors (Lipinski definition) is 2. The number of fused-ring (bicyclic) bond motifs is 1. The fourth-order valence-corrected chi connectivity index (χ4v) is 2.86. The number of hydrogen-bond acceptors (Lipinski definition) is 3. The van der Waals surface area contributed by atoms with E-state index in [-0.39, 0.29) is 6.10 Å². The maximum absolute atomic E-state index is 9.49. The summed E-state index contributed by atoms with van der Waals surface area (Å²) in [5.74, 6) is 1.16. The van der Waals surface area contributed by atoms with E-state index in [0.29, 0.717) is 11.8 Å². The third kappa shape index (κ3) is 2.25. The van der Waals surface area contributed by atoms with Gasteiger partial charge in [-0.05, 0) is 43.9 Å². The van der Waals surface area contributed by atoms with E-state index in [1.165, 1.54) is 24.8 Å².